The fraction of sp³-hybridized carbons (Fsp3) is 0.474. The van der Waals surface area contributed by atoms with Crippen LogP contribution >= 0.6 is 0 Å². The summed E-state index contributed by atoms with van der Waals surface area (Å²) in [5.41, 5.74) is 0.979. The lowest BCUT2D eigenvalue weighted by Crippen LogP contribution is -2.38. The Balaban J connectivity index is 1.71. The second-order valence-corrected chi connectivity index (χ2v) is 6.21. The van der Waals surface area contributed by atoms with E-state index in [0.717, 1.165) is 18.4 Å². The van der Waals surface area contributed by atoms with Crippen LogP contribution in [0.1, 0.15) is 32.3 Å². The van der Waals surface area contributed by atoms with E-state index in [4.69, 9.17) is 9.47 Å². The van der Waals surface area contributed by atoms with Crippen molar-refractivity contribution in [2.24, 2.45) is 5.92 Å². The zero-order valence-corrected chi connectivity index (χ0v) is 14.3. The number of nitrogens with zero attached hydrogens (tertiary/aromatic N) is 1. The first kappa shape index (κ1) is 18.0. The smallest absolute Gasteiger partial charge is 0.410 e. The SMILES string of the molecule is CC(C)OC(=O)/C=C/C1CCN(C(=O)OCc2ccccc2)CC1. The lowest BCUT2D eigenvalue weighted by molar-refractivity contribution is -0.141. The zero-order valence-electron chi connectivity index (χ0n) is 14.3. The van der Waals surface area contributed by atoms with Crippen LogP contribution in [0, 0.1) is 5.92 Å². The van der Waals surface area contributed by atoms with E-state index in [9.17, 15) is 9.59 Å². The number of carbonyl (C=O) groups is 2. The number of carbonyl (C=O) groups excluding carboxylic acids is 2. The fourth-order valence-electron chi connectivity index (χ4n) is 2.57. The van der Waals surface area contributed by atoms with Crippen molar-refractivity contribution in [1.82, 2.24) is 4.90 Å². The van der Waals surface area contributed by atoms with Crippen molar-refractivity contribution >= 4 is 12.1 Å². The monoisotopic (exact) mass is 331 g/mol. The summed E-state index contributed by atoms with van der Waals surface area (Å²) in [5.74, 6) is -0.0161. The molecule has 2 rings (SSSR count). The summed E-state index contributed by atoms with van der Waals surface area (Å²) in [5, 5.41) is 0. The molecule has 0 radical (unpaired) electrons. The van der Waals surface area contributed by atoms with Crippen molar-refractivity contribution in [3.8, 4) is 0 Å². The molecule has 1 saturated heterocycles. The Hall–Kier alpha value is -2.30. The van der Waals surface area contributed by atoms with Crippen LogP contribution < -0.4 is 0 Å². The molecule has 1 aliphatic heterocycles. The number of esters is 1. The van der Waals surface area contributed by atoms with Gasteiger partial charge in [0.1, 0.15) is 6.61 Å². The first-order valence-electron chi connectivity index (χ1n) is 8.39. The maximum atomic E-state index is 12.1. The highest BCUT2D eigenvalue weighted by Gasteiger charge is 2.22. The molecule has 1 fully saturated rings. The summed E-state index contributed by atoms with van der Waals surface area (Å²) in [6.45, 7) is 5.22. The highest BCUT2D eigenvalue weighted by molar-refractivity contribution is 5.82. The van der Waals surface area contributed by atoms with E-state index < -0.39 is 0 Å². The van der Waals surface area contributed by atoms with Gasteiger partial charge < -0.3 is 14.4 Å². The standard InChI is InChI=1S/C19H25NO4/c1-15(2)24-18(21)9-8-16-10-12-20(13-11-16)19(22)23-14-17-6-4-3-5-7-17/h3-9,15-16H,10-14H2,1-2H3/b9-8+. The van der Waals surface area contributed by atoms with Gasteiger partial charge in [-0.05, 0) is 38.2 Å². The number of ether oxygens (including phenoxy) is 2. The molecule has 0 N–H and O–H groups in total. The molecule has 5 heteroatoms. The van der Waals surface area contributed by atoms with Gasteiger partial charge in [-0.2, -0.15) is 0 Å². The largest absolute Gasteiger partial charge is 0.460 e. The number of benzene rings is 1. The number of hydrogen-bond donors (Lipinski definition) is 0. The van der Waals surface area contributed by atoms with Gasteiger partial charge in [0.2, 0.25) is 0 Å². The molecule has 0 spiro atoms. The van der Waals surface area contributed by atoms with E-state index in [1.807, 2.05) is 50.3 Å². The van der Waals surface area contributed by atoms with Gasteiger partial charge in [-0.25, -0.2) is 9.59 Å². The second kappa shape index (κ2) is 9.11. The van der Waals surface area contributed by atoms with E-state index >= 15 is 0 Å². The van der Waals surface area contributed by atoms with E-state index in [1.54, 1.807) is 4.90 Å². The fourth-order valence-corrected chi connectivity index (χ4v) is 2.57. The highest BCUT2D eigenvalue weighted by Crippen LogP contribution is 2.19. The van der Waals surface area contributed by atoms with Gasteiger partial charge in [-0.15, -0.1) is 0 Å². The molecule has 0 aromatic heterocycles. The Bertz CT molecular complexity index is 560. The van der Waals surface area contributed by atoms with Gasteiger partial charge in [-0.1, -0.05) is 36.4 Å². The summed E-state index contributed by atoms with van der Waals surface area (Å²) in [7, 11) is 0. The molecular weight excluding hydrogens is 306 g/mol. The molecule has 0 aliphatic carbocycles. The summed E-state index contributed by atoms with van der Waals surface area (Å²) >= 11 is 0. The lowest BCUT2D eigenvalue weighted by Gasteiger charge is -2.29. The minimum Gasteiger partial charge on any atom is -0.460 e. The topological polar surface area (TPSA) is 55.8 Å². The van der Waals surface area contributed by atoms with Crippen LogP contribution in [0.5, 0.6) is 0 Å². The molecule has 0 saturated carbocycles. The number of rotatable bonds is 5. The predicted octanol–water partition coefficient (Wildman–Crippen LogP) is 3.54. The van der Waals surface area contributed by atoms with E-state index in [-0.39, 0.29) is 18.2 Å². The van der Waals surface area contributed by atoms with Crippen molar-refractivity contribution in [3.05, 3.63) is 48.0 Å². The molecule has 0 unspecified atom stereocenters. The molecule has 0 bridgehead atoms. The van der Waals surface area contributed by atoms with Crippen LogP contribution in [-0.4, -0.2) is 36.2 Å². The normalized spacial score (nSPS) is 15.7. The number of allylic oxidation sites excluding steroid dienone is 1. The highest BCUT2D eigenvalue weighted by atomic mass is 16.6. The minimum atomic E-state index is -0.310. The average Bonchev–Trinajstić information content (AvgIpc) is 2.58. The number of amides is 1. The Morgan fingerprint density at radius 2 is 1.88 bits per heavy atom. The van der Waals surface area contributed by atoms with E-state index in [2.05, 4.69) is 0 Å². The molecule has 1 aromatic rings. The third-order valence-electron chi connectivity index (χ3n) is 3.86. The Kier molecular flexibility index (Phi) is 6.85. The van der Waals surface area contributed by atoms with E-state index in [1.165, 1.54) is 6.08 Å². The maximum Gasteiger partial charge on any atom is 0.410 e. The van der Waals surface area contributed by atoms with Gasteiger partial charge in [0.25, 0.3) is 0 Å². The maximum absolute atomic E-state index is 12.1. The van der Waals surface area contributed by atoms with Gasteiger partial charge >= 0.3 is 12.1 Å². The zero-order chi connectivity index (χ0) is 17.4. The summed E-state index contributed by atoms with van der Waals surface area (Å²) in [4.78, 5) is 25.3. The molecule has 130 valence electrons. The first-order valence-corrected chi connectivity index (χ1v) is 8.39. The lowest BCUT2D eigenvalue weighted by atomic mass is 9.97. The average molecular weight is 331 g/mol. The molecule has 24 heavy (non-hydrogen) atoms. The van der Waals surface area contributed by atoms with Crippen LogP contribution in [-0.2, 0) is 20.9 Å². The van der Waals surface area contributed by atoms with Crippen molar-refractivity contribution in [2.75, 3.05) is 13.1 Å². The third kappa shape index (κ3) is 6.07. The van der Waals surface area contributed by atoms with Crippen molar-refractivity contribution in [1.29, 1.82) is 0 Å². The quantitative estimate of drug-likeness (QED) is 0.612. The summed E-state index contributed by atoms with van der Waals surface area (Å²) < 4.78 is 10.4. The molecule has 1 amide bonds. The van der Waals surface area contributed by atoms with Crippen LogP contribution in [0.4, 0.5) is 4.79 Å². The number of piperidine rings is 1. The molecule has 1 aromatic carbocycles. The predicted molar refractivity (Wildman–Crippen MR) is 91.3 cm³/mol. The Labute approximate surface area is 143 Å². The molecule has 1 heterocycles. The van der Waals surface area contributed by atoms with Gasteiger partial charge in [0.05, 0.1) is 6.10 Å². The van der Waals surface area contributed by atoms with Crippen LogP contribution in [0.25, 0.3) is 0 Å². The molecule has 1 aliphatic rings. The number of likely N-dealkylation sites (tertiary alicyclic amines) is 1. The van der Waals surface area contributed by atoms with Gasteiger partial charge in [-0.3, -0.25) is 0 Å². The molecular formula is C19H25NO4. The molecule has 5 nitrogen and oxygen atoms in total. The van der Waals surface area contributed by atoms with E-state index in [0.29, 0.717) is 25.6 Å². The second-order valence-electron chi connectivity index (χ2n) is 6.21. The first-order chi connectivity index (χ1) is 11.5. The Morgan fingerprint density at radius 3 is 2.50 bits per heavy atom. The van der Waals surface area contributed by atoms with Crippen molar-refractivity contribution < 1.29 is 19.1 Å². The van der Waals surface area contributed by atoms with Crippen LogP contribution in [0.2, 0.25) is 0 Å². The Morgan fingerprint density at radius 1 is 1.21 bits per heavy atom. The number of hydrogen-bond acceptors (Lipinski definition) is 4. The van der Waals surface area contributed by atoms with Crippen LogP contribution in [0.15, 0.2) is 42.5 Å². The summed E-state index contributed by atoms with van der Waals surface area (Å²) in [6.07, 6.45) is 4.65. The third-order valence-corrected chi connectivity index (χ3v) is 3.86. The van der Waals surface area contributed by atoms with Crippen molar-refractivity contribution in [3.63, 3.8) is 0 Å². The minimum absolute atomic E-state index is 0.108. The van der Waals surface area contributed by atoms with Gasteiger partial charge in [0.15, 0.2) is 0 Å². The van der Waals surface area contributed by atoms with Crippen molar-refractivity contribution in [2.45, 2.75) is 39.4 Å². The van der Waals surface area contributed by atoms with Crippen LogP contribution in [0.3, 0.4) is 0 Å². The molecule has 0 atom stereocenters. The van der Waals surface area contributed by atoms with Gasteiger partial charge in [0, 0.05) is 19.2 Å². The summed E-state index contributed by atoms with van der Waals surface area (Å²) in [6, 6.07) is 9.64.